The van der Waals surface area contributed by atoms with Crippen molar-refractivity contribution in [3.8, 4) is 5.75 Å². The number of amides is 1. The molecule has 2 rings (SSSR count). The maximum atomic E-state index is 11.9. The van der Waals surface area contributed by atoms with Crippen LogP contribution in [0.1, 0.15) is 18.9 Å². The Morgan fingerprint density at radius 1 is 1.43 bits per heavy atom. The Hall–Kier alpha value is -2.12. The fourth-order valence-electron chi connectivity index (χ4n) is 1.82. The van der Waals surface area contributed by atoms with Crippen molar-refractivity contribution in [2.45, 2.75) is 19.9 Å². The molecule has 0 bridgehead atoms. The fourth-order valence-corrected chi connectivity index (χ4v) is 2.41. The minimum Gasteiger partial charge on any atom is -0.495 e. The van der Waals surface area contributed by atoms with E-state index < -0.39 is 5.91 Å². The third-order valence-corrected chi connectivity index (χ3v) is 3.27. The molecule has 1 N–H and O–H groups in total. The third kappa shape index (κ3) is 4.67. The lowest BCUT2D eigenvalue weighted by Gasteiger charge is -2.07. The molecular formula is C14H15Cl2N5O2. The quantitative estimate of drug-likeness (QED) is 0.805. The Bertz CT molecular complexity index is 730. The van der Waals surface area contributed by atoms with Gasteiger partial charge in [0.25, 0.3) is 11.9 Å². The molecule has 1 aromatic carbocycles. The minimum absolute atomic E-state index is 0.143. The average molecular weight is 356 g/mol. The molecule has 0 radical (unpaired) electrons. The first-order chi connectivity index (χ1) is 11.0. The van der Waals surface area contributed by atoms with Crippen molar-refractivity contribution in [1.82, 2.24) is 20.2 Å². The van der Waals surface area contributed by atoms with Gasteiger partial charge in [0.15, 0.2) is 0 Å². The molecule has 2 aromatic rings. The van der Waals surface area contributed by atoms with E-state index in [-0.39, 0.29) is 5.95 Å². The fraction of sp³-hybridized carbons (Fsp3) is 0.286. The number of aryl methyl sites for hydroxylation is 1. The number of carbonyl (C=O) groups excluding carboxylic acids is 1. The Labute approximate surface area is 143 Å². The molecule has 1 heterocycles. The predicted octanol–water partition coefficient (Wildman–Crippen LogP) is 3.05. The summed E-state index contributed by atoms with van der Waals surface area (Å²) >= 11 is 12.0. The molecule has 0 fully saturated rings. The van der Waals surface area contributed by atoms with Gasteiger partial charge in [-0.15, -0.1) is 5.10 Å². The van der Waals surface area contributed by atoms with Crippen LogP contribution in [0, 0.1) is 0 Å². The number of halogens is 2. The maximum Gasteiger partial charge on any atom is 0.270 e. The van der Waals surface area contributed by atoms with Crippen molar-refractivity contribution in [3.63, 3.8) is 0 Å². The van der Waals surface area contributed by atoms with Crippen LogP contribution in [0.25, 0.3) is 6.08 Å². The highest BCUT2D eigenvalue weighted by atomic mass is 35.5. The molecule has 9 heteroatoms. The Balaban J connectivity index is 2.08. The highest BCUT2D eigenvalue weighted by molar-refractivity contribution is 6.36. The smallest absolute Gasteiger partial charge is 0.270 e. The summed E-state index contributed by atoms with van der Waals surface area (Å²) in [4.78, 5) is 13.3. The molecule has 0 spiro atoms. The number of anilines is 1. The van der Waals surface area contributed by atoms with E-state index >= 15 is 0 Å². The summed E-state index contributed by atoms with van der Waals surface area (Å²) in [6.45, 7) is 2.63. The number of carbonyl (C=O) groups is 1. The van der Waals surface area contributed by atoms with Gasteiger partial charge in [0.05, 0.1) is 18.7 Å². The van der Waals surface area contributed by atoms with Crippen molar-refractivity contribution in [2.75, 3.05) is 12.4 Å². The molecule has 0 aliphatic rings. The highest BCUT2D eigenvalue weighted by Crippen LogP contribution is 2.32. The Kier molecular flexibility index (Phi) is 5.95. The number of ether oxygens (including phenoxy) is 1. The van der Waals surface area contributed by atoms with Crippen LogP contribution in [0.5, 0.6) is 5.75 Å². The number of nitrogens with zero attached hydrogens (tertiary/aromatic N) is 4. The van der Waals surface area contributed by atoms with Crippen molar-refractivity contribution in [1.29, 1.82) is 0 Å². The van der Waals surface area contributed by atoms with Crippen LogP contribution in [0.15, 0.2) is 18.2 Å². The van der Waals surface area contributed by atoms with Crippen LogP contribution < -0.4 is 10.1 Å². The van der Waals surface area contributed by atoms with Crippen molar-refractivity contribution in [3.05, 3.63) is 33.8 Å². The van der Waals surface area contributed by atoms with E-state index in [0.29, 0.717) is 27.9 Å². The predicted molar refractivity (Wildman–Crippen MR) is 88.8 cm³/mol. The second-order valence-corrected chi connectivity index (χ2v) is 5.39. The zero-order chi connectivity index (χ0) is 16.8. The van der Waals surface area contributed by atoms with E-state index in [1.54, 1.807) is 18.2 Å². The van der Waals surface area contributed by atoms with Crippen LogP contribution in [0.3, 0.4) is 0 Å². The summed E-state index contributed by atoms with van der Waals surface area (Å²) in [6.07, 6.45) is 3.73. The number of rotatable bonds is 6. The zero-order valence-electron chi connectivity index (χ0n) is 12.6. The minimum atomic E-state index is -0.404. The van der Waals surface area contributed by atoms with Crippen molar-refractivity contribution in [2.24, 2.45) is 0 Å². The van der Waals surface area contributed by atoms with Crippen molar-refractivity contribution >= 4 is 41.1 Å². The Morgan fingerprint density at radius 2 is 2.22 bits per heavy atom. The van der Waals surface area contributed by atoms with Gasteiger partial charge in [-0.25, -0.2) is 0 Å². The number of hydrogen-bond acceptors (Lipinski definition) is 5. The molecule has 0 aliphatic carbocycles. The van der Waals surface area contributed by atoms with Crippen molar-refractivity contribution < 1.29 is 9.53 Å². The first-order valence-electron chi connectivity index (χ1n) is 6.83. The standard InChI is InChI=1S/C14H15Cl2N5O2/c1-3-6-21-19-14(18-20-21)17-12(22)5-4-9-7-10(15)8-11(16)13(9)23-2/h4-5,7-8H,3,6H2,1-2H3,(H,17,19,22). The summed E-state index contributed by atoms with van der Waals surface area (Å²) in [7, 11) is 1.49. The lowest BCUT2D eigenvalue weighted by molar-refractivity contribution is -0.111. The van der Waals surface area contributed by atoms with E-state index in [2.05, 4.69) is 20.7 Å². The van der Waals surface area contributed by atoms with Crippen LogP contribution in [0.4, 0.5) is 5.95 Å². The lowest BCUT2D eigenvalue weighted by atomic mass is 10.2. The van der Waals surface area contributed by atoms with Crippen LogP contribution in [-0.2, 0) is 11.3 Å². The van der Waals surface area contributed by atoms with Crippen LogP contribution >= 0.6 is 23.2 Å². The van der Waals surface area contributed by atoms with E-state index in [0.717, 1.165) is 6.42 Å². The molecular weight excluding hydrogens is 341 g/mol. The summed E-state index contributed by atoms with van der Waals surface area (Å²) in [5, 5.41) is 14.9. The largest absolute Gasteiger partial charge is 0.495 e. The normalized spacial score (nSPS) is 11.0. The summed E-state index contributed by atoms with van der Waals surface area (Å²) in [5.74, 6) is 0.176. The molecule has 0 atom stereocenters. The third-order valence-electron chi connectivity index (χ3n) is 2.77. The monoisotopic (exact) mass is 355 g/mol. The number of hydrogen-bond donors (Lipinski definition) is 1. The molecule has 0 unspecified atom stereocenters. The van der Waals surface area contributed by atoms with E-state index in [9.17, 15) is 4.79 Å². The second-order valence-electron chi connectivity index (χ2n) is 4.54. The molecule has 7 nitrogen and oxygen atoms in total. The second kappa shape index (κ2) is 7.94. The Morgan fingerprint density at radius 3 is 2.91 bits per heavy atom. The molecule has 1 aromatic heterocycles. The first-order valence-corrected chi connectivity index (χ1v) is 7.59. The maximum absolute atomic E-state index is 11.9. The lowest BCUT2D eigenvalue weighted by Crippen LogP contribution is -2.10. The van der Waals surface area contributed by atoms with Gasteiger partial charge in [0, 0.05) is 16.7 Å². The van der Waals surface area contributed by atoms with Gasteiger partial charge in [0.1, 0.15) is 5.75 Å². The summed E-state index contributed by atoms with van der Waals surface area (Å²) in [6, 6.07) is 3.21. The molecule has 23 heavy (non-hydrogen) atoms. The molecule has 0 saturated carbocycles. The van der Waals surface area contributed by atoms with Gasteiger partial charge < -0.3 is 4.74 Å². The first kappa shape index (κ1) is 17.2. The molecule has 1 amide bonds. The average Bonchev–Trinajstić information content (AvgIpc) is 2.92. The van der Waals surface area contributed by atoms with E-state index in [1.807, 2.05) is 6.92 Å². The highest BCUT2D eigenvalue weighted by Gasteiger charge is 2.09. The zero-order valence-corrected chi connectivity index (χ0v) is 14.1. The van der Waals surface area contributed by atoms with Gasteiger partial charge in [-0.2, -0.15) is 4.80 Å². The molecule has 0 saturated heterocycles. The van der Waals surface area contributed by atoms with Gasteiger partial charge >= 0.3 is 0 Å². The summed E-state index contributed by atoms with van der Waals surface area (Å²) < 4.78 is 5.20. The number of tetrazole rings is 1. The van der Waals surface area contributed by atoms with Gasteiger partial charge in [-0.1, -0.05) is 35.2 Å². The number of benzene rings is 1. The van der Waals surface area contributed by atoms with Gasteiger partial charge in [-0.3, -0.25) is 10.1 Å². The molecule has 0 aliphatic heterocycles. The van der Waals surface area contributed by atoms with Gasteiger partial charge in [-0.05, 0) is 29.8 Å². The van der Waals surface area contributed by atoms with Crippen LogP contribution in [-0.4, -0.2) is 33.2 Å². The number of methoxy groups -OCH3 is 1. The van der Waals surface area contributed by atoms with Crippen LogP contribution in [0.2, 0.25) is 10.0 Å². The van der Waals surface area contributed by atoms with E-state index in [1.165, 1.54) is 18.0 Å². The topological polar surface area (TPSA) is 81.9 Å². The molecule has 122 valence electrons. The number of nitrogens with one attached hydrogen (secondary N) is 1. The van der Waals surface area contributed by atoms with Gasteiger partial charge in [0.2, 0.25) is 0 Å². The SMILES string of the molecule is CCCn1nnc(NC(=O)C=Cc2cc(Cl)cc(Cl)c2OC)n1. The summed E-state index contributed by atoms with van der Waals surface area (Å²) in [5.41, 5.74) is 0.586. The number of aromatic nitrogens is 4. The van der Waals surface area contributed by atoms with E-state index in [4.69, 9.17) is 27.9 Å².